The van der Waals surface area contributed by atoms with Crippen molar-refractivity contribution in [1.82, 2.24) is 5.32 Å². The highest BCUT2D eigenvalue weighted by atomic mass is 31.2. The van der Waals surface area contributed by atoms with Gasteiger partial charge in [0, 0.05) is 12.8 Å². The summed E-state index contributed by atoms with van der Waals surface area (Å²) in [6, 6.07) is -0.906. The molecule has 0 fully saturated rings. The first kappa shape index (κ1) is 70.5. The number of hydrogen-bond donors (Lipinski definition) is 1. The van der Waals surface area contributed by atoms with E-state index in [0.717, 1.165) is 89.9 Å². The number of carbonyl (C=O) groups excluding carboxylic acids is 2. The Balaban J connectivity index is 5.38. The summed E-state index contributed by atoms with van der Waals surface area (Å²) in [6.07, 6.45) is 67.2. The van der Waals surface area contributed by atoms with Gasteiger partial charge in [-0.1, -0.05) is 248 Å². The fraction of sp³-hybridized carbons (Fsp3) is 0.778. The summed E-state index contributed by atoms with van der Waals surface area (Å²) in [5.74, 6) is -0.574. The number of allylic oxidation sites excluding steroid dienone is 11. The second-order valence-corrected chi connectivity index (χ2v) is 22.9. The molecule has 0 bridgehead atoms. The Morgan fingerprint density at radius 1 is 0.493 bits per heavy atom. The summed E-state index contributed by atoms with van der Waals surface area (Å²) in [7, 11) is 1.16. The minimum Gasteiger partial charge on any atom is -0.756 e. The lowest BCUT2D eigenvalue weighted by Gasteiger charge is -2.30. The molecule has 0 aliphatic heterocycles. The zero-order valence-electron chi connectivity index (χ0n) is 48.3. The Labute approximate surface area is 451 Å². The molecule has 424 valence electrons. The number of rotatable bonds is 54. The number of phosphoric acid groups is 1. The normalized spacial score (nSPS) is 14.2. The Kier molecular flexibility index (Phi) is 51.0. The van der Waals surface area contributed by atoms with Gasteiger partial charge in [0.05, 0.1) is 33.8 Å². The Hall–Kier alpha value is -2.55. The monoisotopic (exact) mass is 1040 g/mol. The summed E-state index contributed by atoms with van der Waals surface area (Å²) in [6.45, 7) is 6.71. The quantitative estimate of drug-likeness (QED) is 0.0212. The molecule has 0 rings (SSSR count). The van der Waals surface area contributed by atoms with Gasteiger partial charge in [-0.2, -0.15) is 0 Å². The standard InChI is InChI=1S/C63H115N2O7P/c1-7-10-13-16-19-22-25-28-30-31-32-33-35-37-40-43-46-49-52-55-62(66)64-60(59-71-73(68,69)70-58-57-65(4,5)6)61(54-51-48-45-42-39-36-27-24-21-18-15-12-9-3)72-63(67)56-53-50-47-44-41-38-34-29-26-23-20-17-14-11-8-2/h10,13,19,22,28,30,32-33,37,40,51,54,60-61H,7-9,11-12,14-18,20-21,23-27,29,31,34-36,38-39,41-50,52-53,55-59H2,1-6H3,(H-,64,66,68,69)/b13-10-,22-19-,30-28-,33-32-,40-37-,54-51+. The van der Waals surface area contributed by atoms with Crippen LogP contribution in [-0.4, -0.2) is 69.4 Å². The lowest BCUT2D eigenvalue weighted by atomic mass is 10.0. The Bertz CT molecular complexity index is 1480. The molecule has 0 heterocycles. The van der Waals surface area contributed by atoms with Gasteiger partial charge in [0.1, 0.15) is 19.3 Å². The summed E-state index contributed by atoms with van der Waals surface area (Å²) >= 11 is 0. The maximum Gasteiger partial charge on any atom is 0.306 e. The van der Waals surface area contributed by atoms with Crippen molar-refractivity contribution in [3.05, 3.63) is 72.9 Å². The Morgan fingerprint density at radius 3 is 1.33 bits per heavy atom. The second-order valence-electron chi connectivity index (χ2n) is 21.5. The average Bonchev–Trinajstić information content (AvgIpc) is 3.35. The third-order valence-corrected chi connectivity index (χ3v) is 14.1. The summed E-state index contributed by atoms with van der Waals surface area (Å²) in [5, 5.41) is 3.01. The molecule has 0 aromatic carbocycles. The summed E-state index contributed by atoms with van der Waals surface area (Å²) in [4.78, 5) is 39.9. The van der Waals surface area contributed by atoms with Gasteiger partial charge in [0.15, 0.2) is 0 Å². The van der Waals surface area contributed by atoms with E-state index in [0.29, 0.717) is 17.4 Å². The van der Waals surface area contributed by atoms with E-state index in [-0.39, 0.29) is 31.3 Å². The van der Waals surface area contributed by atoms with Crippen molar-refractivity contribution in [2.75, 3.05) is 40.9 Å². The van der Waals surface area contributed by atoms with E-state index in [1.54, 1.807) is 0 Å². The zero-order chi connectivity index (χ0) is 53.6. The number of hydrogen-bond acceptors (Lipinski definition) is 7. The smallest absolute Gasteiger partial charge is 0.306 e. The number of unbranched alkanes of at least 4 members (excludes halogenated alkanes) is 28. The van der Waals surface area contributed by atoms with Crippen molar-refractivity contribution in [1.29, 1.82) is 0 Å². The first-order chi connectivity index (χ1) is 35.4. The first-order valence-electron chi connectivity index (χ1n) is 30.2. The lowest BCUT2D eigenvalue weighted by Crippen LogP contribution is -2.47. The van der Waals surface area contributed by atoms with Crippen LogP contribution in [-0.2, 0) is 27.9 Å². The van der Waals surface area contributed by atoms with Crippen molar-refractivity contribution in [3.8, 4) is 0 Å². The van der Waals surface area contributed by atoms with Crippen LogP contribution in [0.2, 0.25) is 0 Å². The highest BCUT2D eigenvalue weighted by Gasteiger charge is 2.27. The molecule has 0 aliphatic carbocycles. The average molecular weight is 1040 g/mol. The highest BCUT2D eigenvalue weighted by Crippen LogP contribution is 2.38. The van der Waals surface area contributed by atoms with Gasteiger partial charge in [0.25, 0.3) is 7.82 Å². The van der Waals surface area contributed by atoms with E-state index in [1.807, 2.05) is 33.3 Å². The molecule has 0 aromatic heterocycles. The van der Waals surface area contributed by atoms with E-state index in [1.165, 1.54) is 135 Å². The van der Waals surface area contributed by atoms with Crippen LogP contribution in [0.25, 0.3) is 0 Å². The molecular formula is C63H115N2O7P. The summed E-state index contributed by atoms with van der Waals surface area (Å²) in [5.41, 5.74) is 0. The minimum atomic E-state index is -4.71. The van der Waals surface area contributed by atoms with Gasteiger partial charge in [-0.3, -0.25) is 14.2 Å². The van der Waals surface area contributed by atoms with Gasteiger partial charge >= 0.3 is 5.97 Å². The molecule has 10 heteroatoms. The van der Waals surface area contributed by atoms with Crippen LogP contribution in [0.15, 0.2) is 72.9 Å². The van der Waals surface area contributed by atoms with Crippen LogP contribution < -0.4 is 10.2 Å². The molecule has 0 saturated heterocycles. The number of esters is 1. The number of nitrogens with zero attached hydrogens (tertiary/aromatic N) is 1. The highest BCUT2D eigenvalue weighted by molar-refractivity contribution is 7.45. The predicted molar refractivity (Wildman–Crippen MR) is 312 cm³/mol. The molecule has 0 aromatic rings. The van der Waals surface area contributed by atoms with Crippen molar-refractivity contribution in [3.63, 3.8) is 0 Å². The third-order valence-electron chi connectivity index (χ3n) is 13.2. The Morgan fingerprint density at radius 2 is 0.877 bits per heavy atom. The number of amides is 1. The van der Waals surface area contributed by atoms with E-state index in [9.17, 15) is 19.0 Å². The largest absolute Gasteiger partial charge is 0.756 e. The van der Waals surface area contributed by atoms with Gasteiger partial charge in [-0.25, -0.2) is 0 Å². The molecule has 73 heavy (non-hydrogen) atoms. The van der Waals surface area contributed by atoms with Gasteiger partial charge in [-0.05, 0) is 76.7 Å². The minimum absolute atomic E-state index is 0.0303. The number of ether oxygens (including phenoxy) is 1. The molecule has 9 nitrogen and oxygen atoms in total. The zero-order valence-corrected chi connectivity index (χ0v) is 49.2. The van der Waals surface area contributed by atoms with Crippen molar-refractivity contribution >= 4 is 19.7 Å². The van der Waals surface area contributed by atoms with E-state index < -0.39 is 26.6 Å². The molecule has 0 saturated carbocycles. The number of carbonyl (C=O) groups is 2. The van der Waals surface area contributed by atoms with Crippen LogP contribution in [0.3, 0.4) is 0 Å². The van der Waals surface area contributed by atoms with Gasteiger partial charge in [0.2, 0.25) is 5.91 Å². The third kappa shape index (κ3) is 54.1. The van der Waals surface area contributed by atoms with E-state index in [4.69, 9.17) is 13.8 Å². The number of phosphoric ester groups is 1. The van der Waals surface area contributed by atoms with E-state index >= 15 is 0 Å². The molecule has 1 amide bonds. The van der Waals surface area contributed by atoms with E-state index in [2.05, 4.69) is 86.8 Å². The second kappa shape index (κ2) is 52.9. The predicted octanol–water partition coefficient (Wildman–Crippen LogP) is 17.8. The van der Waals surface area contributed by atoms with Crippen molar-refractivity contribution < 1.29 is 37.3 Å². The molecule has 0 spiro atoms. The molecule has 0 aliphatic rings. The molecule has 0 radical (unpaired) electrons. The number of quaternary nitrogens is 1. The fourth-order valence-electron chi connectivity index (χ4n) is 8.49. The SMILES string of the molecule is CC/C=C\C/C=C\C/C=C\C/C=C\C/C=C\CCCCCC(=O)NC(COP(=O)([O-])OCC[N+](C)(C)C)C(/C=C/CCCCCCCCCCCCC)OC(=O)CCCCCCCCCCCCCCCCC. The van der Waals surface area contributed by atoms with Gasteiger partial charge in [-0.15, -0.1) is 0 Å². The first-order valence-corrected chi connectivity index (χ1v) is 31.7. The maximum atomic E-state index is 13.5. The van der Waals surface area contributed by atoms with Crippen LogP contribution in [0.1, 0.15) is 265 Å². The molecular weight excluding hydrogens is 928 g/mol. The van der Waals surface area contributed by atoms with Crippen LogP contribution in [0.4, 0.5) is 0 Å². The number of nitrogens with one attached hydrogen (secondary N) is 1. The van der Waals surface area contributed by atoms with Crippen molar-refractivity contribution in [2.45, 2.75) is 277 Å². The van der Waals surface area contributed by atoms with Gasteiger partial charge < -0.3 is 28.5 Å². The molecule has 3 unspecified atom stereocenters. The van der Waals surface area contributed by atoms with Crippen LogP contribution >= 0.6 is 7.82 Å². The fourth-order valence-corrected chi connectivity index (χ4v) is 9.21. The summed E-state index contributed by atoms with van der Waals surface area (Å²) < 4.78 is 30.3. The molecule has 3 atom stereocenters. The molecule has 1 N–H and O–H groups in total. The number of likely N-dealkylation sites (N-methyl/N-ethyl adjacent to an activating group) is 1. The topological polar surface area (TPSA) is 114 Å². The lowest BCUT2D eigenvalue weighted by molar-refractivity contribution is -0.870. The van der Waals surface area contributed by atoms with Crippen molar-refractivity contribution in [2.24, 2.45) is 0 Å². The maximum absolute atomic E-state index is 13.5. The van der Waals surface area contributed by atoms with Crippen LogP contribution in [0, 0.1) is 0 Å². The van der Waals surface area contributed by atoms with Crippen LogP contribution in [0.5, 0.6) is 0 Å².